The highest BCUT2D eigenvalue weighted by molar-refractivity contribution is 6.60. The van der Waals surface area contributed by atoms with Crippen LogP contribution in [-0.4, -0.2) is 23.6 Å². The van der Waals surface area contributed by atoms with Crippen LogP contribution in [0.15, 0.2) is 12.7 Å². The molecule has 0 saturated carbocycles. The van der Waals surface area contributed by atoms with E-state index in [1.165, 1.54) is 0 Å². The van der Waals surface area contributed by atoms with E-state index in [0.29, 0.717) is 6.42 Å². The van der Waals surface area contributed by atoms with Crippen LogP contribution in [0.3, 0.4) is 0 Å². The van der Waals surface area contributed by atoms with Gasteiger partial charge in [-0.3, -0.25) is 0 Å². The lowest BCUT2D eigenvalue weighted by atomic mass is 9.82. The van der Waals surface area contributed by atoms with Gasteiger partial charge in [-0.1, -0.05) is 6.08 Å². The zero-order chi connectivity index (χ0) is 11.0. The topological polar surface area (TPSA) is 18.5 Å². The average molecular weight is 217 g/mol. The molecule has 1 atom stereocenters. The molecule has 1 aliphatic rings. The zero-order valence-electron chi connectivity index (χ0n) is 9.34. The van der Waals surface area contributed by atoms with E-state index < -0.39 is 0 Å². The van der Waals surface area contributed by atoms with Crippen molar-refractivity contribution in [2.45, 2.75) is 50.6 Å². The van der Waals surface area contributed by atoms with Crippen molar-refractivity contribution in [1.82, 2.24) is 0 Å². The number of hydrogen-bond donors (Lipinski definition) is 0. The van der Waals surface area contributed by atoms with E-state index in [-0.39, 0.29) is 23.6 Å². The molecule has 0 spiro atoms. The second-order valence-corrected chi connectivity index (χ2v) is 5.23. The molecule has 14 heavy (non-hydrogen) atoms. The van der Waals surface area contributed by atoms with Gasteiger partial charge in [0.25, 0.3) is 0 Å². The number of allylic oxidation sites excluding steroid dienone is 1. The van der Waals surface area contributed by atoms with Crippen molar-refractivity contribution in [3.05, 3.63) is 12.7 Å². The van der Waals surface area contributed by atoms with Gasteiger partial charge in [-0.05, 0) is 34.1 Å². The van der Waals surface area contributed by atoms with Gasteiger partial charge in [-0.25, -0.2) is 0 Å². The second-order valence-electron chi connectivity index (χ2n) is 4.67. The summed E-state index contributed by atoms with van der Waals surface area (Å²) >= 11 is 6.12. The van der Waals surface area contributed by atoms with Crippen molar-refractivity contribution in [2.24, 2.45) is 0 Å². The highest BCUT2D eigenvalue weighted by Gasteiger charge is 2.53. The highest BCUT2D eigenvalue weighted by Crippen LogP contribution is 2.38. The average Bonchev–Trinajstić information content (AvgIpc) is 2.22. The van der Waals surface area contributed by atoms with Crippen molar-refractivity contribution in [2.75, 3.05) is 0 Å². The largest absolute Gasteiger partial charge is 0.477 e. The molecule has 0 N–H and O–H groups in total. The first kappa shape index (κ1) is 12.1. The van der Waals surface area contributed by atoms with Crippen LogP contribution in [0.1, 0.15) is 34.1 Å². The van der Waals surface area contributed by atoms with Crippen LogP contribution in [0.25, 0.3) is 0 Å². The van der Waals surface area contributed by atoms with Crippen molar-refractivity contribution in [1.29, 1.82) is 0 Å². The minimum Gasteiger partial charge on any atom is -0.402 e. The maximum absolute atomic E-state index is 6.12. The molecule has 1 fully saturated rings. The lowest BCUT2D eigenvalue weighted by molar-refractivity contribution is 0.00578. The second kappa shape index (κ2) is 3.88. The molecule has 0 radical (unpaired) electrons. The van der Waals surface area contributed by atoms with Gasteiger partial charge in [0.2, 0.25) is 0 Å². The van der Waals surface area contributed by atoms with Crippen molar-refractivity contribution >= 4 is 18.7 Å². The number of hydrogen-bond acceptors (Lipinski definition) is 2. The Bertz CT molecular complexity index is 212. The molecule has 1 rings (SSSR count). The molecule has 80 valence electrons. The Morgan fingerprint density at radius 3 is 2.07 bits per heavy atom. The molecule has 1 aliphatic heterocycles. The Hall–Kier alpha value is 0.0149. The normalized spacial score (nSPS) is 26.2. The van der Waals surface area contributed by atoms with Gasteiger partial charge in [0.1, 0.15) is 0 Å². The minimum absolute atomic E-state index is 0.159. The Labute approximate surface area is 91.8 Å². The van der Waals surface area contributed by atoms with Crippen LogP contribution in [0.4, 0.5) is 0 Å². The van der Waals surface area contributed by atoms with E-state index in [4.69, 9.17) is 20.9 Å². The highest BCUT2D eigenvalue weighted by atomic mass is 35.5. The molecular formula is C10H18BClO2. The first-order valence-electron chi connectivity index (χ1n) is 4.91. The molecule has 4 heteroatoms. The fraction of sp³-hybridized carbons (Fsp3) is 0.800. The molecule has 1 heterocycles. The molecule has 0 aliphatic carbocycles. The molecule has 0 amide bonds. The summed E-state index contributed by atoms with van der Waals surface area (Å²) in [6, 6.07) is 0. The van der Waals surface area contributed by atoms with Crippen molar-refractivity contribution < 1.29 is 9.31 Å². The van der Waals surface area contributed by atoms with Crippen LogP contribution >= 0.6 is 11.6 Å². The third-order valence-corrected chi connectivity index (χ3v) is 3.34. The molecule has 0 aromatic rings. The van der Waals surface area contributed by atoms with E-state index in [2.05, 4.69) is 6.58 Å². The monoisotopic (exact) mass is 216 g/mol. The fourth-order valence-electron chi connectivity index (χ4n) is 1.31. The molecular weight excluding hydrogens is 198 g/mol. The van der Waals surface area contributed by atoms with E-state index in [9.17, 15) is 0 Å². The molecule has 1 unspecified atom stereocenters. The maximum Gasteiger partial charge on any atom is 0.477 e. The third kappa shape index (κ3) is 2.15. The van der Waals surface area contributed by atoms with Crippen molar-refractivity contribution in [3.8, 4) is 0 Å². The summed E-state index contributed by atoms with van der Waals surface area (Å²) in [7, 11) is -0.334. The van der Waals surface area contributed by atoms with Crippen LogP contribution < -0.4 is 0 Å². The number of halogens is 1. The maximum atomic E-state index is 6.12. The van der Waals surface area contributed by atoms with Gasteiger partial charge >= 0.3 is 7.12 Å². The lowest BCUT2D eigenvalue weighted by Gasteiger charge is -2.32. The molecule has 1 saturated heterocycles. The summed E-state index contributed by atoms with van der Waals surface area (Å²) in [6.45, 7) is 11.7. The summed E-state index contributed by atoms with van der Waals surface area (Å²) in [6.07, 6.45) is 2.47. The van der Waals surface area contributed by atoms with E-state index in [0.717, 1.165) is 0 Å². The quantitative estimate of drug-likeness (QED) is 0.410. The van der Waals surface area contributed by atoms with Crippen LogP contribution in [0.2, 0.25) is 0 Å². The Morgan fingerprint density at radius 2 is 1.71 bits per heavy atom. The van der Waals surface area contributed by atoms with Gasteiger partial charge in [0.15, 0.2) is 0 Å². The predicted molar refractivity (Wildman–Crippen MR) is 60.5 cm³/mol. The molecule has 0 bridgehead atoms. The predicted octanol–water partition coefficient (Wildman–Crippen LogP) is 2.80. The van der Waals surface area contributed by atoms with Crippen LogP contribution in [-0.2, 0) is 9.31 Å². The summed E-state index contributed by atoms with van der Waals surface area (Å²) in [4.78, 5) is 0. The van der Waals surface area contributed by atoms with Gasteiger partial charge in [0, 0.05) is 0 Å². The van der Waals surface area contributed by atoms with E-state index >= 15 is 0 Å². The smallest absolute Gasteiger partial charge is 0.402 e. The number of alkyl halides is 1. The zero-order valence-corrected chi connectivity index (χ0v) is 10.1. The van der Waals surface area contributed by atoms with Crippen LogP contribution in [0.5, 0.6) is 0 Å². The van der Waals surface area contributed by atoms with Crippen molar-refractivity contribution in [3.63, 3.8) is 0 Å². The van der Waals surface area contributed by atoms with Gasteiger partial charge in [-0.2, -0.15) is 0 Å². The summed E-state index contributed by atoms with van der Waals surface area (Å²) in [5.74, 6) is 0. The standard InChI is InChI=1S/C10H18BClO2/c1-6-7-8(12)11-13-9(2,3)10(4,5)14-11/h6,8H,1,7H2,2-5H3. The Kier molecular flexibility index (Phi) is 3.35. The minimum atomic E-state index is -0.334. The molecule has 2 nitrogen and oxygen atoms in total. The third-order valence-electron chi connectivity index (χ3n) is 2.96. The van der Waals surface area contributed by atoms with Gasteiger partial charge in [0.05, 0.1) is 16.5 Å². The summed E-state index contributed by atoms with van der Waals surface area (Å²) in [5.41, 5.74) is -0.599. The van der Waals surface area contributed by atoms with Crippen LogP contribution in [0, 0.1) is 0 Å². The molecule has 0 aromatic carbocycles. The molecule has 0 aromatic heterocycles. The Balaban J connectivity index is 2.67. The Morgan fingerprint density at radius 1 is 1.29 bits per heavy atom. The first-order chi connectivity index (χ1) is 6.30. The summed E-state index contributed by atoms with van der Waals surface area (Å²) in [5, 5.41) is -0.159. The van der Waals surface area contributed by atoms with E-state index in [1.54, 1.807) is 6.08 Å². The SMILES string of the molecule is C=CCC(Cl)B1OC(C)(C)C(C)(C)O1. The number of rotatable bonds is 3. The summed E-state index contributed by atoms with van der Waals surface area (Å²) < 4.78 is 11.6. The lowest BCUT2D eigenvalue weighted by Crippen LogP contribution is -2.41. The fourth-order valence-corrected chi connectivity index (χ4v) is 1.54. The van der Waals surface area contributed by atoms with E-state index in [1.807, 2.05) is 27.7 Å². The van der Waals surface area contributed by atoms with Gasteiger partial charge in [-0.15, -0.1) is 18.2 Å². The van der Waals surface area contributed by atoms with Gasteiger partial charge < -0.3 is 9.31 Å². The first-order valence-corrected chi connectivity index (χ1v) is 5.34.